The number of likely N-dealkylation sites (tertiary alicyclic amines) is 1. The number of carbonyl (C=O) groups excluding carboxylic acids is 3. The number of aliphatic imine (C=N–C) groups is 1. The van der Waals surface area contributed by atoms with Gasteiger partial charge < -0.3 is 14.5 Å². The minimum absolute atomic E-state index is 0.126. The monoisotopic (exact) mass is 612 g/mol. The lowest BCUT2D eigenvalue weighted by atomic mass is 10.1. The molecule has 2 atom stereocenters. The van der Waals surface area contributed by atoms with Crippen molar-refractivity contribution in [2.24, 2.45) is 4.99 Å². The van der Waals surface area contributed by atoms with Gasteiger partial charge in [-0.15, -0.1) is 0 Å². The van der Waals surface area contributed by atoms with Crippen LogP contribution in [0.1, 0.15) is 35.0 Å². The van der Waals surface area contributed by atoms with Crippen molar-refractivity contribution in [2.75, 3.05) is 11.9 Å². The maximum absolute atomic E-state index is 13.9. The Kier molecular flexibility index (Phi) is 8.74. The van der Waals surface area contributed by atoms with Crippen molar-refractivity contribution in [3.8, 4) is 0 Å². The van der Waals surface area contributed by atoms with E-state index in [0.29, 0.717) is 47.3 Å². The molecule has 2 aliphatic heterocycles. The maximum atomic E-state index is 13.9. The molecule has 3 aromatic carbocycles. The predicted octanol–water partition coefficient (Wildman–Crippen LogP) is 6.66. The number of halogens is 1. The Balaban J connectivity index is 1.16. The summed E-state index contributed by atoms with van der Waals surface area (Å²) >= 11 is 1.24. The molecule has 1 aromatic heterocycles. The number of rotatable bonds is 8. The van der Waals surface area contributed by atoms with Crippen molar-refractivity contribution < 1.29 is 27.9 Å². The number of nitrogens with one attached hydrogen (secondary N) is 1. The Labute approximate surface area is 257 Å². The van der Waals surface area contributed by atoms with Gasteiger partial charge in [0.1, 0.15) is 29.5 Å². The fourth-order valence-electron chi connectivity index (χ4n) is 5.18. The Hall–Kier alpha value is -4.90. The van der Waals surface area contributed by atoms with Crippen molar-refractivity contribution in [2.45, 2.75) is 37.3 Å². The first-order valence-electron chi connectivity index (χ1n) is 14.2. The zero-order valence-corrected chi connectivity index (χ0v) is 24.4. The topological polar surface area (TPSA) is 104 Å². The molecule has 1 unspecified atom stereocenters. The first-order valence-corrected chi connectivity index (χ1v) is 15.1. The van der Waals surface area contributed by atoms with E-state index in [0.717, 1.165) is 5.56 Å². The summed E-state index contributed by atoms with van der Waals surface area (Å²) in [5, 5.41) is 2.68. The van der Waals surface area contributed by atoms with Crippen LogP contribution < -0.4 is 5.32 Å². The van der Waals surface area contributed by atoms with Gasteiger partial charge in [0, 0.05) is 12.2 Å². The standard InChI is InChI=1S/C33H29FN4O5S/c34-24-11-5-13-26(19-24)36-32-38(20-27-14-7-17-42-27)31(40)29(44-32)23-10-4-12-25(18-23)35-30(39)28-15-6-16-37(28)33(41)43-21-22-8-2-1-3-9-22/h1-5,7-14,17-19,28-29H,6,15-16,20-21H2,(H,35,39)/b36-32-/t28-,29?/m0/s1. The second-order valence-electron chi connectivity index (χ2n) is 10.4. The molecule has 6 rings (SSSR count). The lowest BCUT2D eigenvalue weighted by Crippen LogP contribution is -2.43. The molecule has 3 amide bonds. The molecular weight excluding hydrogens is 583 g/mol. The third-order valence-corrected chi connectivity index (χ3v) is 8.56. The second kappa shape index (κ2) is 13.2. The number of hydrogen-bond donors (Lipinski definition) is 1. The molecule has 0 saturated carbocycles. The molecule has 3 heterocycles. The zero-order chi connectivity index (χ0) is 30.5. The highest BCUT2D eigenvalue weighted by molar-refractivity contribution is 8.15. The minimum Gasteiger partial charge on any atom is -0.467 e. The molecule has 0 bridgehead atoms. The molecule has 44 heavy (non-hydrogen) atoms. The van der Waals surface area contributed by atoms with E-state index in [9.17, 15) is 18.8 Å². The number of amides is 3. The highest BCUT2D eigenvalue weighted by Crippen LogP contribution is 2.42. The fraction of sp³-hybridized carbons (Fsp3) is 0.212. The summed E-state index contributed by atoms with van der Waals surface area (Å²) in [4.78, 5) is 47.4. The number of anilines is 1. The molecule has 0 spiro atoms. The average molecular weight is 613 g/mol. The van der Waals surface area contributed by atoms with E-state index in [1.165, 1.54) is 40.0 Å². The van der Waals surface area contributed by atoms with E-state index in [1.807, 2.05) is 36.4 Å². The number of thioether (sulfide) groups is 1. The van der Waals surface area contributed by atoms with Crippen molar-refractivity contribution in [3.05, 3.63) is 120 Å². The molecule has 2 saturated heterocycles. The second-order valence-corrected chi connectivity index (χ2v) is 11.5. The molecule has 11 heteroatoms. The molecule has 9 nitrogen and oxygen atoms in total. The number of nitrogens with zero attached hydrogens (tertiary/aromatic N) is 3. The highest BCUT2D eigenvalue weighted by Gasteiger charge is 2.40. The van der Waals surface area contributed by atoms with Crippen LogP contribution in [0, 0.1) is 5.82 Å². The Morgan fingerprint density at radius 3 is 2.66 bits per heavy atom. The molecule has 1 N–H and O–H groups in total. The summed E-state index contributed by atoms with van der Waals surface area (Å²) < 4.78 is 24.8. The maximum Gasteiger partial charge on any atom is 0.410 e. The zero-order valence-electron chi connectivity index (χ0n) is 23.6. The SMILES string of the molecule is O=C(Nc1cccc(C2S/C(=N\c3cccc(F)c3)N(Cc3ccco3)C2=O)c1)[C@@H]1CCCN1C(=O)OCc1ccccc1. The van der Waals surface area contributed by atoms with Crippen molar-refractivity contribution in [1.82, 2.24) is 9.80 Å². The van der Waals surface area contributed by atoms with Gasteiger partial charge in [0.05, 0.1) is 18.5 Å². The van der Waals surface area contributed by atoms with Crippen LogP contribution in [-0.4, -0.2) is 45.5 Å². The van der Waals surface area contributed by atoms with Gasteiger partial charge >= 0.3 is 6.09 Å². The molecule has 4 aromatic rings. The largest absolute Gasteiger partial charge is 0.467 e. The molecular formula is C33H29FN4O5S. The number of furan rings is 1. The quantitative estimate of drug-likeness (QED) is 0.239. The van der Waals surface area contributed by atoms with Crippen LogP contribution >= 0.6 is 11.8 Å². The first kappa shape index (κ1) is 29.2. The normalized spacial score (nSPS) is 19.0. The molecule has 224 valence electrons. The van der Waals surface area contributed by atoms with Gasteiger partial charge in [-0.25, -0.2) is 14.2 Å². The third-order valence-electron chi connectivity index (χ3n) is 7.32. The van der Waals surface area contributed by atoms with Gasteiger partial charge in [-0.05, 0) is 66.4 Å². The van der Waals surface area contributed by atoms with Gasteiger partial charge in [0.25, 0.3) is 0 Å². The van der Waals surface area contributed by atoms with Crippen LogP contribution in [0.5, 0.6) is 0 Å². The van der Waals surface area contributed by atoms with Gasteiger partial charge in [-0.3, -0.25) is 19.4 Å². The van der Waals surface area contributed by atoms with Crippen LogP contribution in [-0.2, 0) is 27.5 Å². The number of carbonyl (C=O) groups is 3. The summed E-state index contributed by atoms with van der Waals surface area (Å²) in [6.07, 6.45) is 2.20. The lowest BCUT2D eigenvalue weighted by Gasteiger charge is -2.23. The number of benzene rings is 3. The van der Waals surface area contributed by atoms with Crippen LogP contribution in [0.3, 0.4) is 0 Å². The van der Waals surface area contributed by atoms with Crippen LogP contribution in [0.4, 0.5) is 20.6 Å². The summed E-state index contributed by atoms with van der Waals surface area (Å²) in [5.41, 5.74) is 2.41. The van der Waals surface area contributed by atoms with E-state index in [1.54, 1.807) is 42.5 Å². The molecule has 0 aliphatic carbocycles. The number of amidine groups is 1. The summed E-state index contributed by atoms with van der Waals surface area (Å²) in [6.45, 7) is 0.719. The summed E-state index contributed by atoms with van der Waals surface area (Å²) in [5.74, 6) is -0.386. The van der Waals surface area contributed by atoms with Crippen LogP contribution in [0.2, 0.25) is 0 Å². The predicted molar refractivity (Wildman–Crippen MR) is 165 cm³/mol. The van der Waals surface area contributed by atoms with Crippen molar-refractivity contribution >= 4 is 46.2 Å². The van der Waals surface area contributed by atoms with E-state index in [2.05, 4.69) is 10.3 Å². The van der Waals surface area contributed by atoms with E-state index in [-0.39, 0.29) is 25.0 Å². The Bertz CT molecular complexity index is 1680. The van der Waals surface area contributed by atoms with E-state index in [4.69, 9.17) is 9.15 Å². The number of ether oxygens (including phenoxy) is 1. The minimum atomic E-state index is -0.668. The lowest BCUT2D eigenvalue weighted by molar-refractivity contribution is -0.126. The molecule has 2 fully saturated rings. The van der Waals surface area contributed by atoms with Gasteiger partial charge in [0.15, 0.2) is 5.17 Å². The smallest absolute Gasteiger partial charge is 0.410 e. The molecule has 0 radical (unpaired) electrons. The Morgan fingerprint density at radius 1 is 1.02 bits per heavy atom. The Morgan fingerprint density at radius 2 is 1.86 bits per heavy atom. The van der Waals surface area contributed by atoms with E-state index < -0.39 is 23.2 Å². The summed E-state index contributed by atoms with van der Waals surface area (Å²) in [6, 6.07) is 25.1. The van der Waals surface area contributed by atoms with Crippen LogP contribution in [0.25, 0.3) is 0 Å². The van der Waals surface area contributed by atoms with Gasteiger partial charge in [-0.1, -0.05) is 60.3 Å². The summed E-state index contributed by atoms with van der Waals surface area (Å²) in [7, 11) is 0. The average Bonchev–Trinajstić information content (AvgIpc) is 3.79. The highest BCUT2D eigenvalue weighted by atomic mass is 32.2. The van der Waals surface area contributed by atoms with E-state index >= 15 is 0 Å². The number of hydrogen-bond acceptors (Lipinski definition) is 7. The first-order chi connectivity index (χ1) is 21.4. The van der Waals surface area contributed by atoms with Crippen molar-refractivity contribution in [1.29, 1.82) is 0 Å². The van der Waals surface area contributed by atoms with Crippen molar-refractivity contribution in [3.63, 3.8) is 0 Å². The fourth-order valence-corrected chi connectivity index (χ4v) is 6.34. The van der Waals surface area contributed by atoms with Gasteiger partial charge in [-0.2, -0.15) is 0 Å². The van der Waals surface area contributed by atoms with Crippen LogP contribution in [0.15, 0.2) is 107 Å². The van der Waals surface area contributed by atoms with Gasteiger partial charge in [0.2, 0.25) is 11.8 Å². The molecule has 2 aliphatic rings. The third kappa shape index (κ3) is 6.68.